The fourth-order valence-electron chi connectivity index (χ4n) is 2.57. The predicted octanol–water partition coefficient (Wildman–Crippen LogP) is 1.70. The number of anilines is 1. The molecule has 1 N–H and O–H groups in total. The molecule has 96 valence electrons. The first-order valence-electron chi connectivity index (χ1n) is 6.80. The molecule has 0 unspecified atom stereocenters. The fourth-order valence-corrected chi connectivity index (χ4v) is 2.57. The van der Waals surface area contributed by atoms with E-state index in [1.54, 1.807) is 0 Å². The van der Waals surface area contributed by atoms with E-state index < -0.39 is 0 Å². The molecule has 0 bridgehead atoms. The van der Waals surface area contributed by atoms with Crippen LogP contribution in [0, 0.1) is 0 Å². The van der Waals surface area contributed by atoms with Crippen LogP contribution in [0.5, 0.6) is 0 Å². The zero-order valence-corrected chi connectivity index (χ0v) is 10.9. The van der Waals surface area contributed by atoms with Crippen molar-refractivity contribution in [1.29, 1.82) is 0 Å². The summed E-state index contributed by atoms with van der Waals surface area (Å²) in [7, 11) is 0. The zero-order valence-electron chi connectivity index (χ0n) is 10.9. The molecule has 1 saturated heterocycles. The van der Waals surface area contributed by atoms with Gasteiger partial charge in [-0.05, 0) is 18.6 Å². The number of pyridine rings is 1. The summed E-state index contributed by atoms with van der Waals surface area (Å²) in [5, 5.41) is 3.38. The molecule has 0 saturated carbocycles. The summed E-state index contributed by atoms with van der Waals surface area (Å²) in [6.07, 6.45) is 6.32. The highest BCUT2D eigenvalue weighted by atomic mass is 15.2. The third kappa shape index (κ3) is 2.08. The van der Waals surface area contributed by atoms with E-state index in [2.05, 4.69) is 44.9 Å². The van der Waals surface area contributed by atoms with Crippen LogP contribution in [0.25, 0.3) is 5.52 Å². The van der Waals surface area contributed by atoms with Crippen molar-refractivity contribution in [3.63, 3.8) is 0 Å². The molecule has 2 aromatic rings. The highest BCUT2D eigenvalue weighted by molar-refractivity contribution is 5.59. The number of hydrogen-bond acceptors (Lipinski definition) is 3. The van der Waals surface area contributed by atoms with Crippen molar-refractivity contribution in [3.05, 3.63) is 30.4 Å². The minimum absolute atomic E-state index is 1.04. The van der Waals surface area contributed by atoms with Crippen molar-refractivity contribution in [2.75, 3.05) is 31.1 Å². The van der Waals surface area contributed by atoms with Crippen LogP contribution >= 0.6 is 0 Å². The number of nitrogens with zero attached hydrogens (tertiary/aromatic N) is 3. The second-order valence-corrected chi connectivity index (χ2v) is 4.84. The molecule has 4 heteroatoms. The Kier molecular flexibility index (Phi) is 3.19. The normalized spacial score (nSPS) is 16.4. The molecule has 1 aliphatic heterocycles. The summed E-state index contributed by atoms with van der Waals surface area (Å²) in [5.74, 6) is 1.17. The van der Waals surface area contributed by atoms with Gasteiger partial charge in [0.15, 0.2) is 0 Å². The van der Waals surface area contributed by atoms with Crippen molar-refractivity contribution < 1.29 is 0 Å². The van der Waals surface area contributed by atoms with Gasteiger partial charge in [0.25, 0.3) is 0 Å². The van der Waals surface area contributed by atoms with Gasteiger partial charge in [-0.15, -0.1) is 0 Å². The maximum atomic E-state index is 4.50. The van der Waals surface area contributed by atoms with E-state index in [1.165, 1.54) is 17.0 Å². The SMILES string of the molecule is CCCc1ncc2cc(N3CCNCC3)ccn12. The van der Waals surface area contributed by atoms with E-state index in [0.717, 1.165) is 39.0 Å². The fraction of sp³-hybridized carbons (Fsp3) is 0.500. The van der Waals surface area contributed by atoms with E-state index >= 15 is 0 Å². The predicted molar refractivity (Wildman–Crippen MR) is 74.3 cm³/mol. The number of nitrogens with one attached hydrogen (secondary N) is 1. The van der Waals surface area contributed by atoms with Crippen LogP contribution in [0.4, 0.5) is 5.69 Å². The molecule has 0 aromatic carbocycles. The van der Waals surface area contributed by atoms with Gasteiger partial charge < -0.3 is 14.6 Å². The van der Waals surface area contributed by atoms with Crippen LogP contribution in [-0.2, 0) is 6.42 Å². The average molecular weight is 244 g/mol. The largest absolute Gasteiger partial charge is 0.369 e. The van der Waals surface area contributed by atoms with Gasteiger partial charge in [0.1, 0.15) is 5.82 Å². The molecule has 1 aliphatic rings. The molecule has 0 spiro atoms. The van der Waals surface area contributed by atoms with E-state index in [0.29, 0.717) is 0 Å². The summed E-state index contributed by atoms with van der Waals surface area (Å²) in [5.41, 5.74) is 2.52. The summed E-state index contributed by atoms with van der Waals surface area (Å²) in [6.45, 7) is 6.52. The third-order valence-electron chi connectivity index (χ3n) is 3.55. The molecule has 3 heterocycles. The van der Waals surface area contributed by atoms with Crippen LogP contribution in [0.3, 0.4) is 0 Å². The molecule has 0 atom stereocenters. The zero-order chi connectivity index (χ0) is 12.4. The van der Waals surface area contributed by atoms with Crippen molar-refractivity contribution in [3.8, 4) is 0 Å². The lowest BCUT2D eigenvalue weighted by Crippen LogP contribution is -2.43. The minimum Gasteiger partial charge on any atom is -0.369 e. The van der Waals surface area contributed by atoms with Crippen LogP contribution < -0.4 is 10.2 Å². The van der Waals surface area contributed by atoms with Crippen molar-refractivity contribution in [2.45, 2.75) is 19.8 Å². The highest BCUT2D eigenvalue weighted by Crippen LogP contribution is 2.19. The van der Waals surface area contributed by atoms with Crippen molar-refractivity contribution in [1.82, 2.24) is 14.7 Å². The molecule has 0 amide bonds. The summed E-state index contributed by atoms with van der Waals surface area (Å²) < 4.78 is 2.20. The van der Waals surface area contributed by atoms with E-state index in [-0.39, 0.29) is 0 Å². The lowest BCUT2D eigenvalue weighted by atomic mass is 10.2. The maximum Gasteiger partial charge on any atom is 0.113 e. The number of hydrogen-bond donors (Lipinski definition) is 1. The first-order valence-corrected chi connectivity index (χ1v) is 6.80. The number of aryl methyl sites for hydroxylation is 1. The molecular formula is C14H20N4. The molecule has 4 nitrogen and oxygen atoms in total. The number of aromatic nitrogens is 2. The van der Waals surface area contributed by atoms with Crippen LogP contribution in [0.15, 0.2) is 24.5 Å². The van der Waals surface area contributed by atoms with Gasteiger partial charge in [-0.2, -0.15) is 0 Å². The summed E-state index contributed by atoms with van der Waals surface area (Å²) >= 11 is 0. The number of fused-ring (bicyclic) bond motifs is 1. The van der Waals surface area contributed by atoms with Crippen molar-refractivity contribution in [2.24, 2.45) is 0 Å². The van der Waals surface area contributed by atoms with Gasteiger partial charge in [-0.3, -0.25) is 0 Å². The second-order valence-electron chi connectivity index (χ2n) is 4.84. The standard InChI is InChI=1S/C14H20N4/c1-2-3-14-16-11-13-10-12(4-7-18(13)14)17-8-5-15-6-9-17/h4,7,10-11,15H,2-3,5-6,8-9H2,1H3. The van der Waals surface area contributed by atoms with E-state index in [9.17, 15) is 0 Å². The minimum atomic E-state index is 1.04. The Hall–Kier alpha value is -1.55. The molecule has 2 aromatic heterocycles. The molecule has 18 heavy (non-hydrogen) atoms. The molecule has 0 aliphatic carbocycles. The van der Waals surface area contributed by atoms with Gasteiger partial charge in [0.2, 0.25) is 0 Å². The average Bonchev–Trinajstić information content (AvgIpc) is 2.83. The summed E-state index contributed by atoms with van der Waals surface area (Å²) in [4.78, 5) is 6.94. The first-order chi connectivity index (χ1) is 8.88. The highest BCUT2D eigenvalue weighted by Gasteiger charge is 2.11. The second kappa shape index (κ2) is 4.98. The maximum absolute atomic E-state index is 4.50. The molecule has 1 fully saturated rings. The Morgan fingerprint density at radius 2 is 2.17 bits per heavy atom. The van der Waals surface area contributed by atoms with Gasteiger partial charge >= 0.3 is 0 Å². The molecular weight excluding hydrogens is 224 g/mol. The monoisotopic (exact) mass is 244 g/mol. The number of rotatable bonds is 3. The Balaban J connectivity index is 1.91. The lowest BCUT2D eigenvalue weighted by molar-refractivity contribution is 0.589. The topological polar surface area (TPSA) is 32.6 Å². The molecule has 3 rings (SSSR count). The Morgan fingerprint density at radius 3 is 2.94 bits per heavy atom. The Morgan fingerprint density at radius 1 is 1.33 bits per heavy atom. The van der Waals surface area contributed by atoms with Gasteiger partial charge in [-0.1, -0.05) is 6.92 Å². The Labute approximate surface area is 108 Å². The van der Waals surface area contributed by atoms with Crippen LogP contribution in [0.2, 0.25) is 0 Å². The Bertz CT molecular complexity index is 526. The van der Waals surface area contributed by atoms with Crippen LogP contribution in [0.1, 0.15) is 19.2 Å². The van der Waals surface area contributed by atoms with Crippen LogP contribution in [-0.4, -0.2) is 35.6 Å². The molecule has 0 radical (unpaired) electrons. The summed E-state index contributed by atoms with van der Waals surface area (Å²) in [6, 6.07) is 4.46. The van der Waals surface area contributed by atoms with Gasteiger partial charge in [0, 0.05) is 44.5 Å². The van der Waals surface area contributed by atoms with Crippen molar-refractivity contribution >= 4 is 11.2 Å². The smallest absolute Gasteiger partial charge is 0.113 e. The van der Waals surface area contributed by atoms with Gasteiger partial charge in [0.05, 0.1) is 11.7 Å². The number of imidazole rings is 1. The lowest BCUT2D eigenvalue weighted by Gasteiger charge is -2.29. The quantitative estimate of drug-likeness (QED) is 0.892. The third-order valence-corrected chi connectivity index (χ3v) is 3.55. The number of piperazine rings is 1. The van der Waals surface area contributed by atoms with E-state index in [4.69, 9.17) is 0 Å². The first kappa shape index (κ1) is 11.5. The van der Waals surface area contributed by atoms with E-state index in [1.807, 2.05) is 6.20 Å². The van der Waals surface area contributed by atoms with Gasteiger partial charge in [-0.25, -0.2) is 4.98 Å².